The van der Waals surface area contributed by atoms with Crippen molar-refractivity contribution in [1.82, 2.24) is 4.57 Å². The molecule has 3 nitrogen and oxygen atoms in total. The van der Waals surface area contributed by atoms with Crippen molar-refractivity contribution in [2.24, 2.45) is 0 Å². The molecule has 4 heterocycles. The second kappa shape index (κ2) is 7.80. The molecule has 0 radical (unpaired) electrons. The van der Waals surface area contributed by atoms with E-state index in [-0.39, 0.29) is 6.71 Å². The quantitative estimate of drug-likeness (QED) is 0.232. The summed E-state index contributed by atoms with van der Waals surface area (Å²) in [5, 5.41) is 2.50. The lowest BCUT2D eigenvalue weighted by Gasteiger charge is -2.25. The number of anilines is 3. The highest BCUT2D eigenvalue weighted by Crippen LogP contribution is 2.42. The van der Waals surface area contributed by atoms with E-state index in [0.29, 0.717) is 0 Å². The average molecular weight is 512 g/mol. The summed E-state index contributed by atoms with van der Waals surface area (Å²) < 4.78 is 9.26. The molecule has 0 saturated heterocycles. The minimum atomic E-state index is 0.0984. The van der Waals surface area contributed by atoms with Gasteiger partial charge in [-0.15, -0.1) is 0 Å². The van der Waals surface area contributed by atoms with Crippen LogP contribution in [-0.4, -0.2) is 11.3 Å². The molecule has 0 amide bonds. The van der Waals surface area contributed by atoms with Gasteiger partial charge >= 0.3 is 0 Å². The van der Waals surface area contributed by atoms with Crippen molar-refractivity contribution >= 4 is 62.2 Å². The SMILES string of the molecule is Cc1c(C)n2c3c(cccc13)B1c3oc4ccc(N(c5ccccc5)c5ccccc5)cc4c3-c3cccc-2c31. The van der Waals surface area contributed by atoms with Crippen molar-refractivity contribution in [2.75, 3.05) is 4.90 Å². The summed E-state index contributed by atoms with van der Waals surface area (Å²) in [4.78, 5) is 2.32. The van der Waals surface area contributed by atoms with Crippen LogP contribution in [-0.2, 0) is 0 Å². The zero-order chi connectivity index (χ0) is 26.5. The number of aryl methyl sites for hydroxylation is 1. The number of fused-ring (bicyclic) bond motifs is 7. The van der Waals surface area contributed by atoms with Gasteiger partial charge in [0.25, 0.3) is 6.71 Å². The molecule has 5 aromatic carbocycles. The van der Waals surface area contributed by atoms with Crippen molar-refractivity contribution < 1.29 is 4.42 Å². The zero-order valence-corrected chi connectivity index (χ0v) is 22.3. The highest BCUT2D eigenvalue weighted by molar-refractivity contribution is 7.00. The highest BCUT2D eigenvalue weighted by Gasteiger charge is 2.44. The number of aromatic nitrogens is 1. The zero-order valence-electron chi connectivity index (χ0n) is 22.3. The van der Waals surface area contributed by atoms with Gasteiger partial charge in [0.2, 0.25) is 0 Å². The first-order valence-electron chi connectivity index (χ1n) is 13.9. The van der Waals surface area contributed by atoms with Crippen LogP contribution in [0.4, 0.5) is 17.1 Å². The van der Waals surface area contributed by atoms with Crippen LogP contribution in [0, 0.1) is 13.8 Å². The van der Waals surface area contributed by atoms with Gasteiger partial charge in [0.05, 0.1) is 5.66 Å². The van der Waals surface area contributed by atoms with Gasteiger partial charge in [0.1, 0.15) is 5.58 Å². The van der Waals surface area contributed by atoms with Crippen molar-refractivity contribution in [2.45, 2.75) is 13.8 Å². The molecule has 7 aromatic rings. The van der Waals surface area contributed by atoms with E-state index in [1.165, 1.54) is 49.9 Å². The lowest BCUT2D eigenvalue weighted by atomic mass is 9.39. The van der Waals surface area contributed by atoms with Gasteiger partial charge in [-0.2, -0.15) is 0 Å². The van der Waals surface area contributed by atoms with Gasteiger partial charge in [0, 0.05) is 50.3 Å². The molecule has 40 heavy (non-hydrogen) atoms. The first kappa shape index (κ1) is 21.9. The van der Waals surface area contributed by atoms with Crippen LogP contribution in [0.25, 0.3) is 38.7 Å². The molecule has 188 valence electrons. The van der Waals surface area contributed by atoms with Crippen LogP contribution in [0.2, 0.25) is 0 Å². The van der Waals surface area contributed by atoms with Crippen molar-refractivity contribution in [1.29, 1.82) is 0 Å². The predicted octanol–water partition coefficient (Wildman–Crippen LogP) is 7.27. The van der Waals surface area contributed by atoms with Crippen molar-refractivity contribution in [3.63, 3.8) is 0 Å². The highest BCUT2D eigenvalue weighted by atomic mass is 16.3. The molecule has 0 aliphatic carbocycles. The first-order chi connectivity index (χ1) is 19.7. The predicted molar refractivity (Wildman–Crippen MR) is 167 cm³/mol. The second-order valence-electron chi connectivity index (χ2n) is 11.0. The maximum absolute atomic E-state index is 6.79. The maximum Gasteiger partial charge on any atom is 0.293 e. The number of hydrogen-bond acceptors (Lipinski definition) is 2. The number of hydrogen-bond donors (Lipinski definition) is 0. The Morgan fingerprint density at radius 1 is 0.675 bits per heavy atom. The standard InChI is InChI=1S/C36H25BN2O/c1-22-23(2)38-31-18-10-16-28-33-29-21-26(39(24-11-5-3-6-12-24)25-13-7-4-8-14-25)19-20-32(29)40-36(33)37(34(28)31)30-17-9-15-27(22)35(30)38/h3-21H,1-2H3. The number of rotatable bonds is 3. The second-order valence-corrected chi connectivity index (χ2v) is 11.0. The fraction of sp³-hybridized carbons (Fsp3) is 0.0556. The number of nitrogens with zero attached hydrogens (tertiary/aromatic N) is 2. The molecule has 2 aromatic heterocycles. The third-order valence-corrected chi connectivity index (χ3v) is 9.01. The van der Waals surface area contributed by atoms with Gasteiger partial charge in [-0.3, -0.25) is 0 Å². The Morgan fingerprint density at radius 3 is 2.15 bits per heavy atom. The van der Waals surface area contributed by atoms with Gasteiger partial charge < -0.3 is 13.9 Å². The minimum Gasteiger partial charge on any atom is -0.470 e. The summed E-state index contributed by atoms with van der Waals surface area (Å²) in [6, 6.07) is 41.3. The summed E-state index contributed by atoms with van der Waals surface area (Å²) in [5.74, 6) is 0. The van der Waals surface area contributed by atoms with E-state index in [4.69, 9.17) is 4.42 Å². The minimum absolute atomic E-state index is 0.0984. The summed E-state index contributed by atoms with van der Waals surface area (Å²) in [7, 11) is 0. The Morgan fingerprint density at radius 2 is 1.40 bits per heavy atom. The number of benzene rings is 5. The van der Waals surface area contributed by atoms with E-state index < -0.39 is 0 Å². The average Bonchev–Trinajstić information content (AvgIpc) is 3.62. The molecule has 0 bridgehead atoms. The maximum atomic E-state index is 6.79. The number of furan rings is 1. The topological polar surface area (TPSA) is 21.3 Å². The first-order valence-corrected chi connectivity index (χ1v) is 13.9. The third kappa shape index (κ3) is 2.70. The van der Waals surface area contributed by atoms with E-state index in [0.717, 1.165) is 33.7 Å². The molecule has 0 unspecified atom stereocenters. The monoisotopic (exact) mass is 512 g/mol. The fourth-order valence-corrected chi connectivity index (χ4v) is 7.20. The van der Waals surface area contributed by atoms with E-state index in [9.17, 15) is 0 Å². The van der Waals surface area contributed by atoms with E-state index in [2.05, 4.69) is 139 Å². The summed E-state index contributed by atoms with van der Waals surface area (Å²) in [6.07, 6.45) is 0. The molecule has 2 aliphatic rings. The number of para-hydroxylation sites is 3. The third-order valence-electron chi connectivity index (χ3n) is 9.01. The Bertz CT molecular complexity index is 2100. The van der Waals surface area contributed by atoms with Crippen LogP contribution in [0.5, 0.6) is 0 Å². The van der Waals surface area contributed by atoms with E-state index >= 15 is 0 Å². The Labute approximate surface area is 233 Å². The molecule has 0 fully saturated rings. The molecule has 0 N–H and O–H groups in total. The van der Waals surface area contributed by atoms with Crippen molar-refractivity contribution in [3.05, 3.63) is 127 Å². The molecular formula is C36H25BN2O. The van der Waals surface area contributed by atoms with Gasteiger partial charge in [-0.05, 0) is 84.4 Å². The van der Waals surface area contributed by atoms with Crippen LogP contribution in [0.1, 0.15) is 11.3 Å². The summed E-state index contributed by atoms with van der Waals surface area (Å²) in [6.45, 7) is 4.59. The van der Waals surface area contributed by atoms with Gasteiger partial charge in [-0.25, -0.2) is 0 Å². The molecule has 0 spiro atoms. The lowest BCUT2D eigenvalue weighted by molar-refractivity contribution is 0.653. The Kier molecular flexibility index (Phi) is 4.27. The molecule has 4 heteroatoms. The van der Waals surface area contributed by atoms with Gasteiger partial charge in [-0.1, -0.05) is 66.7 Å². The molecule has 9 rings (SSSR count). The van der Waals surface area contributed by atoms with Crippen LogP contribution >= 0.6 is 0 Å². The summed E-state index contributed by atoms with van der Waals surface area (Å²) in [5.41, 5.74) is 15.9. The smallest absolute Gasteiger partial charge is 0.293 e. The lowest BCUT2D eigenvalue weighted by Crippen LogP contribution is -2.53. The Balaban J connectivity index is 1.32. The molecular weight excluding hydrogens is 487 g/mol. The molecule has 0 atom stereocenters. The van der Waals surface area contributed by atoms with Crippen LogP contribution < -0.4 is 21.5 Å². The molecule has 2 aliphatic heterocycles. The van der Waals surface area contributed by atoms with Crippen LogP contribution in [0.15, 0.2) is 120 Å². The van der Waals surface area contributed by atoms with Gasteiger partial charge in [0.15, 0.2) is 0 Å². The van der Waals surface area contributed by atoms with Crippen LogP contribution in [0.3, 0.4) is 0 Å². The van der Waals surface area contributed by atoms with E-state index in [1.807, 2.05) is 0 Å². The normalized spacial score (nSPS) is 12.7. The van der Waals surface area contributed by atoms with E-state index in [1.54, 1.807) is 0 Å². The Hall–Kier alpha value is -4.96. The summed E-state index contributed by atoms with van der Waals surface area (Å²) >= 11 is 0. The fourth-order valence-electron chi connectivity index (χ4n) is 7.20. The van der Waals surface area contributed by atoms with Crippen molar-refractivity contribution in [3.8, 4) is 16.8 Å². The molecule has 0 saturated carbocycles. The largest absolute Gasteiger partial charge is 0.470 e.